The first-order valence-electron chi connectivity index (χ1n) is 5.18. The maximum Gasteiger partial charge on any atom is 0.0319 e. The molecule has 0 unspecified atom stereocenters. The van der Waals surface area contributed by atoms with E-state index < -0.39 is 0 Å². The molecule has 0 saturated carbocycles. The molecule has 0 aliphatic heterocycles. The Hall–Kier alpha value is 0.0743. The first-order chi connectivity index (χ1) is 7.58. The molecule has 0 aromatic rings. The number of aliphatic hydroxyl groups is 3. The predicted octanol–water partition coefficient (Wildman–Crippen LogP) is 1.94. The van der Waals surface area contributed by atoms with Gasteiger partial charge in [-0.2, -0.15) is 6.08 Å². The molecule has 1 rings (SSSR count). The van der Waals surface area contributed by atoms with Crippen LogP contribution >= 0.6 is 0 Å². The summed E-state index contributed by atoms with van der Waals surface area (Å²) in [6, 6.07) is 0. The Morgan fingerprint density at radius 2 is 1.47 bits per heavy atom. The first kappa shape index (κ1) is 25.8. The van der Waals surface area contributed by atoms with Gasteiger partial charge in [-0.3, -0.25) is 6.08 Å². The Labute approximate surface area is 121 Å². The fourth-order valence-corrected chi connectivity index (χ4v) is 1.14. The molecule has 4 heteroatoms. The second-order valence-corrected chi connectivity index (χ2v) is 4.05. The Balaban J connectivity index is -0.000000106. The third-order valence-electron chi connectivity index (χ3n) is 1.49. The molecule has 102 valence electrons. The minimum atomic E-state index is 0. The van der Waals surface area contributed by atoms with Crippen LogP contribution in [-0.2, 0) is 21.7 Å². The molecule has 1 aliphatic carbocycles. The zero-order chi connectivity index (χ0) is 13.6. The Kier molecular flexibility index (Phi) is 28.0. The van der Waals surface area contributed by atoms with Crippen molar-refractivity contribution in [1.82, 2.24) is 0 Å². The van der Waals surface area contributed by atoms with E-state index in [1.165, 1.54) is 5.57 Å². The third kappa shape index (κ3) is 21.8. The van der Waals surface area contributed by atoms with Crippen LogP contribution in [0.2, 0.25) is 0 Å². The zero-order valence-corrected chi connectivity index (χ0v) is 13.5. The second kappa shape index (κ2) is 18.4. The minimum absolute atomic E-state index is 0. The average Bonchev–Trinajstić information content (AvgIpc) is 2.77. The summed E-state index contributed by atoms with van der Waals surface area (Å²) in [6.07, 6.45) is 9.85. The van der Waals surface area contributed by atoms with Crippen molar-refractivity contribution in [3.63, 3.8) is 0 Å². The van der Waals surface area contributed by atoms with Gasteiger partial charge in [0.2, 0.25) is 0 Å². The third-order valence-corrected chi connectivity index (χ3v) is 1.49. The van der Waals surface area contributed by atoms with Crippen molar-refractivity contribution in [2.75, 3.05) is 21.3 Å². The molecule has 0 fully saturated rings. The van der Waals surface area contributed by atoms with Crippen LogP contribution < -0.4 is 0 Å². The van der Waals surface area contributed by atoms with Gasteiger partial charge < -0.3 is 15.3 Å². The summed E-state index contributed by atoms with van der Waals surface area (Å²) in [4.78, 5) is 0. The zero-order valence-electron chi connectivity index (χ0n) is 11.9. The Morgan fingerprint density at radius 1 is 1.06 bits per heavy atom. The minimum Gasteiger partial charge on any atom is -0.400 e. The van der Waals surface area contributed by atoms with Gasteiger partial charge in [0.15, 0.2) is 0 Å². The van der Waals surface area contributed by atoms with Crippen molar-refractivity contribution < 1.29 is 37.0 Å². The van der Waals surface area contributed by atoms with Gasteiger partial charge in [-0.15, -0.1) is 6.42 Å². The molecule has 0 heterocycles. The summed E-state index contributed by atoms with van der Waals surface area (Å²) in [6.45, 7) is 6.77. The second-order valence-electron chi connectivity index (χ2n) is 4.05. The van der Waals surface area contributed by atoms with E-state index in [0.29, 0.717) is 5.41 Å². The fourth-order valence-electron chi connectivity index (χ4n) is 1.14. The van der Waals surface area contributed by atoms with Crippen molar-refractivity contribution in [1.29, 1.82) is 0 Å². The molecule has 0 spiro atoms. The van der Waals surface area contributed by atoms with E-state index in [4.69, 9.17) is 15.3 Å². The topological polar surface area (TPSA) is 60.7 Å². The smallest absolute Gasteiger partial charge is 0.0319 e. The number of hydrogen-bond acceptors (Lipinski definition) is 3. The molecule has 17 heavy (non-hydrogen) atoms. The van der Waals surface area contributed by atoms with Crippen molar-refractivity contribution in [3.05, 3.63) is 23.8 Å². The quantitative estimate of drug-likeness (QED) is 0.508. The van der Waals surface area contributed by atoms with E-state index in [-0.39, 0.29) is 21.7 Å². The van der Waals surface area contributed by atoms with Gasteiger partial charge >= 0.3 is 0 Å². The van der Waals surface area contributed by atoms with Crippen LogP contribution in [0.5, 0.6) is 0 Å². The van der Waals surface area contributed by atoms with E-state index >= 15 is 0 Å². The molecule has 0 aromatic heterocycles. The van der Waals surface area contributed by atoms with Crippen LogP contribution in [0.3, 0.4) is 0 Å². The summed E-state index contributed by atoms with van der Waals surface area (Å²) in [5, 5.41) is 21.0. The molecule has 1 aliphatic rings. The van der Waals surface area contributed by atoms with Gasteiger partial charge in [0, 0.05) is 43.0 Å². The van der Waals surface area contributed by atoms with E-state index in [9.17, 15) is 0 Å². The molecule has 3 N–H and O–H groups in total. The van der Waals surface area contributed by atoms with Crippen LogP contribution in [0.25, 0.3) is 0 Å². The Bertz CT molecular complexity index is 182. The van der Waals surface area contributed by atoms with Crippen LogP contribution in [0, 0.1) is 11.5 Å². The molecule has 0 radical (unpaired) electrons. The van der Waals surface area contributed by atoms with Gasteiger partial charge in [-0.1, -0.05) is 27.2 Å². The SMILES string of the molecule is CC(C)(C)CC1=[C-]CC=C1.CO.CO.CO.[Ti]. The van der Waals surface area contributed by atoms with Crippen molar-refractivity contribution in [3.8, 4) is 0 Å². The molecule has 0 aromatic carbocycles. The summed E-state index contributed by atoms with van der Waals surface area (Å²) < 4.78 is 0. The number of rotatable bonds is 1. The maximum atomic E-state index is 7.00. The van der Waals surface area contributed by atoms with Gasteiger partial charge in [0.05, 0.1) is 0 Å². The van der Waals surface area contributed by atoms with Gasteiger partial charge in [-0.25, -0.2) is 11.6 Å². The monoisotopic (exact) mass is 279 g/mol. The first-order valence-corrected chi connectivity index (χ1v) is 5.18. The van der Waals surface area contributed by atoms with Crippen LogP contribution in [0.15, 0.2) is 17.7 Å². The van der Waals surface area contributed by atoms with E-state index in [1.807, 2.05) is 0 Å². The summed E-state index contributed by atoms with van der Waals surface area (Å²) >= 11 is 0. The Morgan fingerprint density at radius 3 is 1.71 bits per heavy atom. The molecule has 3 nitrogen and oxygen atoms in total. The van der Waals surface area contributed by atoms with Crippen molar-refractivity contribution >= 4 is 0 Å². The van der Waals surface area contributed by atoms with Gasteiger partial charge in [0.25, 0.3) is 0 Å². The fraction of sp³-hybridized carbons (Fsp3) is 0.692. The van der Waals surface area contributed by atoms with Crippen LogP contribution in [0.4, 0.5) is 0 Å². The molecular formula is C13H27O3Ti-. The molecular weight excluding hydrogens is 252 g/mol. The number of hydrogen-bond donors (Lipinski definition) is 3. The van der Waals surface area contributed by atoms with Crippen molar-refractivity contribution in [2.24, 2.45) is 5.41 Å². The summed E-state index contributed by atoms with van der Waals surface area (Å²) in [7, 11) is 3.00. The number of aliphatic hydroxyl groups excluding tert-OH is 3. The molecule has 0 saturated heterocycles. The molecule has 0 atom stereocenters. The maximum absolute atomic E-state index is 7.00. The van der Waals surface area contributed by atoms with Crippen LogP contribution in [0.1, 0.15) is 33.6 Å². The van der Waals surface area contributed by atoms with Crippen LogP contribution in [-0.4, -0.2) is 36.6 Å². The summed E-state index contributed by atoms with van der Waals surface area (Å²) in [5.74, 6) is 0. The van der Waals surface area contributed by atoms with Crippen molar-refractivity contribution in [2.45, 2.75) is 33.6 Å². The largest absolute Gasteiger partial charge is 0.400 e. The summed E-state index contributed by atoms with van der Waals surface area (Å²) in [5.41, 5.74) is 1.80. The molecule has 0 amide bonds. The van der Waals surface area contributed by atoms with E-state index in [2.05, 4.69) is 39.0 Å². The molecule has 0 bridgehead atoms. The van der Waals surface area contributed by atoms with E-state index in [1.54, 1.807) is 0 Å². The predicted molar refractivity (Wildman–Crippen MR) is 69.0 cm³/mol. The van der Waals surface area contributed by atoms with E-state index in [0.717, 1.165) is 34.2 Å². The average molecular weight is 279 g/mol. The van der Waals surface area contributed by atoms with Gasteiger partial charge in [-0.05, 0) is 5.41 Å². The standard InChI is InChI=1S/C10H15.3CH4O.Ti/c1-10(2,3)8-9-6-4-5-7-9;3*1-2;/h4,6H,5,8H2,1-3H3;3*2H,1H3;/q-1;;;;. The normalized spacial score (nSPS) is 11.5. The van der Waals surface area contributed by atoms with Gasteiger partial charge in [0.1, 0.15) is 0 Å². The number of allylic oxidation sites excluding steroid dienone is 4.